The van der Waals surface area contributed by atoms with Gasteiger partial charge in [0.1, 0.15) is 0 Å². The molecular weight excluding hydrogens is 196 g/mol. The van der Waals surface area contributed by atoms with Crippen molar-refractivity contribution < 1.29 is 4.74 Å². The smallest absolute Gasteiger partial charge is 0.177 e. The summed E-state index contributed by atoms with van der Waals surface area (Å²) in [6.45, 7) is 2.18. The van der Waals surface area contributed by atoms with Crippen LogP contribution in [0.2, 0.25) is 0 Å². The molecule has 3 nitrogen and oxygen atoms in total. The van der Waals surface area contributed by atoms with Crippen LogP contribution < -0.4 is 9.64 Å². The highest BCUT2D eigenvalue weighted by molar-refractivity contribution is 7.71. The molecule has 1 saturated heterocycles. The first-order valence-corrected chi connectivity index (χ1v) is 5.24. The number of ether oxygens (including phenoxy) is 1. The fourth-order valence-electron chi connectivity index (χ4n) is 1.83. The third-order valence-corrected chi connectivity index (χ3v) is 2.84. The lowest BCUT2D eigenvalue weighted by Gasteiger charge is -2.19. The summed E-state index contributed by atoms with van der Waals surface area (Å²) in [6.07, 6.45) is 4.37. The Morgan fingerprint density at radius 3 is 2.79 bits per heavy atom. The number of nitrogens with zero attached hydrogens (tertiary/aromatic N) is 1. The normalized spacial score (nSPS) is 15.9. The van der Waals surface area contributed by atoms with Gasteiger partial charge in [0.2, 0.25) is 0 Å². The van der Waals surface area contributed by atoms with Crippen LogP contribution >= 0.6 is 12.2 Å². The van der Waals surface area contributed by atoms with E-state index in [9.17, 15) is 0 Å². The highest BCUT2D eigenvalue weighted by Gasteiger charge is 2.17. The molecule has 2 heterocycles. The molecule has 1 aliphatic rings. The van der Waals surface area contributed by atoms with E-state index in [1.54, 1.807) is 7.11 Å². The zero-order valence-electron chi connectivity index (χ0n) is 8.25. The number of nitrogens with one attached hydrogen (secondary N) is 1. The van der Waals surface area contributed by atoms with Gasteiger partial charge >= 0.3 is 0 Å². The van der Waals surface area contributed by atoms with Gasteiger partial charge in [0.25, 0.3) is 0 Å². The van der Waals surface area contributed by atoms with Crippen LogP contribution in [0.25, 0.3) is 0 Å². The van der Waals surface area contributed by atoms with Crippen molar-refractivity contribution >= 4 is 18.0 Å². The predicted octanol–water partition coefficient (Wildman–Crippen LogP) is 2.35. The van der Waals surface area contributed by atoms with Gasteiger partial charge in [0.05, 0.1) is 11.6 Å². The molecule has 1 aliphatic heterocycles. The van der Waals surface area contributed by atoms with Crippen molar-refractivity contribution in [1.29, 1.82) is 0 Å². The highest BCUT2D eigenvalue weighted by atomic mass is 32.1. The second-order valence-electron chi connectivity index (χ2n) is 3.42. The number of anilines is 1. The van der Waals surface area contributed by atoms with Gasteiger partial charge in [0, 0.05) is 19.3 Å². The number of hydrogen-bond donors (Lipinski definition) is 1. The minimum atomic E-state index is 0.771. The van der Waals surface area contributed by atoms with Crippen molar-refractivity contribution in [2.45, 2.75) is 12.8 Å². The van der Waals surface area contributed by atoms with E-state index in [1.165, 1.54) is 12.8 Å². The Morgan fingerprint density at radius 2 is 2.14 bits per heavy atom. The van der Waals surface area contributed by atoms with Crippen LogP contribution in [0.4, 0.5) is 5.82 Å². The number of rotatable bonds is 2. The van der Waals surface area contributed by atoms with Gasteiger partial charge < -0.3 is 14.6 Å². The van der Waals surface area contributed by atoms with E-state index in [4.69, 9.17) is 17.0 Å². The van der Waals surface area contributed by atoms with E-state index < -0.39 is 0 Å². The molecule has 76 valence electrons. The standard InChI is InChI=1S/C10H14N2OS/c1-13-9-8(14)4-5-11-10(9)12-6-2-3-7-12/h4-5H,2-3,6-7H2,1H3,(H,11,14). The predicted molar refractivity (Wildman–Crippen MR) is 59.6 cm³/mol. The Bertz CT molecular complexity index is 369. The molecule has 1 aromatic rings. The topological polar surface area (TPSA) is 28.3 Å². The molecule has 0 radical (unpaired) electrons. The molecule has 0 bridgehead atoms. The lowest BCUT2D eigenvalue weighted by molar-refractivity contribution is 0.411. The molecule has 1 N–H and O–H groups in total. The molecular formula is C10H14N2OS. The average Bonchev–Trinajstić information content (AvgIpc) is 2.70. The summed E-state index contributed by atoms with van der Waals surface area (Å²) < 4.78 is 6.08. The van der Waals surface area contributed by atoms with E-state index >= 15 is 0 Å². The summed E-state index contributed by atoms with van der Waals surface area (Å²) in [7, 11) is 1.67. The first kappa shape index (κ1) is 9.52. The first-order chi connectivity index (χ1) is 6.83. The molecule has 0 atom stereocenters. The third kappa shape index (κ3) is 1.62. The monoisotopic (exact) mass is 210 g/mol. The van der Waals surface area contributed by atoms with Crippen LogP contribution in [0.5, 0.6) is 5.75 Å². The molecule has 0 spiro atoms. The molecule has 0 saturated carbocycles. The summed E-state index contributed by atoms with van der Waals surface area (Å²) in [5.41, 5.74) is 0. The van der Waals surface area contributed by atoms with Crippen LogP contribution in [0, 0.1) is 4.51 Å². The van der Waals surface area contributed by atoms with Gasteiger partial charge in [0.15, 0.2) is 11.6 Å². The van der Waals surface area contributed by atoms with Crippen molar-refractivity contribution in [2.75, 3.05) is 25.1 Å². The summed E-state index contributed by atoms with van der Waals surface area (Å²) in [6, 6.07) is 1.85. The highest BCUT2D eigenvalue weighted by Crippen LogP contribution is 2.28. The van der Waals surface area contributed by atoms with Crippen LogP contribution in [0.15, 0.2) is 12.3 Å². The lowest BCUT2D eigenvalue weighted by Crippen LogP contribution is -2.19. The fourth-order valence-corrected chi connectivity index (χ4v) is 2.08. The van der Waals surface area contributed by atoms with Crippen LogP contribution in [0.1, 0.15) is 12.8 Å². The Labute approximate surface area is 88.7 Å². The van der Waals surface area contributed by atoms with Crippen molar-refractivity contribution in [2.24, 2.45) is 0 Å². The van der Waals surface area contributed by atoms with Crippen LogP contribution in [-0.2, 0) is 0 Å². The van der Waals surface area contributed by atoms with E-state index in [-0.39, 0.29) is 0 Å². The molecule has 2 rings (SSSR count). The largest absolute Gasteiger partial charge is 0.491 e. The summed E-state index contributed by atoms with van der Waals surface area (Å²) in [5, 5.41) is 0. The molecule has 1 fully saturated rings. The van der Waals surface area contributed by atoms with Gasteiger partial charge in [-0.15, -0.1) is 0 Å². The summed E-state index contributed by atoms with van der Waals surface area (Å²) in [4.78, 5) is 5.49. The number of hydrogen-bond acceptors (Lipinski definition) is 3. The van der Waals surface area contributed by atoms with Crippen molar-refractivity contribution in [1.82, 2.24) is 4.98 Å². The minimum absolute atomic E-state index is 0.771. The van der Waals surface area contributed by atoms with Crippen LogP contribution in [0.3, 0.4) is 0 Å². The third-order valence-electron chi connectivity index (χ3n) is 2.52. The fraction of sp³-hybridized carbons (Fsp3) is 0.500. The van der Waals surface area contributed by atoms with E-state index in [0.29, 0.717) is 0 Å². The van der Waals surface area contributed by atoms with Crippen molar-refractivity contribution in [3.05, 3.63) is 16.8 Å². The molecule has 4 heteroatoms. The van der Waals surface area contributed by atoms with Gasteiger partial charge in [-0.3, -0.25) is 0 Å². The van der Waals surface area contributed by atoms with Crippen molar-refractivity contribution in [3.8, 4) is 5.75 Å². The Hall–Kier alpha value is -1.03. The van der Waals surface area contributed by atoms with E-state index in [0.717, 1.165) is 29.2 Å². The molecule has 0 aromatic carbocycles. The summed E-state index contributed by atoms with van der Waals surface area (Å²) >= 11 is 5.20. The number of aromatic nitrogens is 1. The number of methoxy groups -OCH3 is 1. The second-order valence-corrected chi connectivity index (χ2v) is 3.86. The molecule has 0 aliphatic carbocycles. The number of aromatic amines is 1. The van der Waals surface area contributed by atoms with Crippen LogP contribution in [-0.4, -0.2) is 25.2 Å². The summed E-state index contributed by atoms with van der Waals surface area (Å²) in [5.74, 6) is 1.82. The number of pyridine rings is 1. The maximum Gasteiger partial charge on any atom is 0.177 e. The zero-order valence-corrected chi connectivity index (χ0v) is 9.06. The Morgan fingerprint density at radius 1 is 1.43 bits per heavy atom. The zero-order chi connectivity index (χ0) is 9.97. The van der Waals surface area contributed by atoms with E-state index in [1.807, 2.05) is 12.3 Å². The van der Waals surface area contributed by atoms with Crippen molar-refractivity contribution in [3.63, 3.8) is 0 Å². The van der Waals surface area contributed by atoms with Gasteiger partial charge in [-0.2, -0.15) is 0 Å². The van der Waals surface area contributed by atoms with Gasteiger partial charge in [-0.1, -0.05) is 12.2 Å². The Balaban J connectivity index is 2.40. The van der Waals surface area contributed by atoms with E-state index in [2.05, 4.69) is 9.88 Å². The average molecular weight is 210 g/mol. The SMILES string of the molecule is COc1c(N2CCCC2)[nH]ccc1=S. The molecule has 0 unspecified atom stereocenters. The maximum atomic E-state index is 5.31. The second kappa shape index (κ2) is 4.00. The molecule has 1 aromatic heterocycles. The maximum absolute atomic E-state index is 5.31. The molecule has 0 amide bonds. The minimum Gasteiger partial charge on any atom is -0.491 e. The lowest BCUT2D eigenvalue weighted by atomic mass is 10.4. The number of H-pyrrole nitrogens is 1. The van der Waals surface area contributed by atoms with Gasteiger partial charge in [-0.25, -0.2) is 0 Å². The quantitative estimate of drug-likeness (QED) is 0.759. The Kier molecular flexibility index (Phi) is 2.72. The molecule has 14 heavy (non-hydrogen) atoms. The first-order valence-electron chi connectivity index (χ1n) is 4.83. The van der Waals surface area contributed by atoms with Gasteiger partial charge in [-0.05, 0) is 18.9 Å².